The largest absolute Gasteiger partial charge is 0.361 e. The Morgan fingerprint density at radius 1 is 1.33 bits per heavy atom. The van der Waals surface area contributed by atoms with Gasteiger partial charge in [0.1, 0.15) is 0 Å². The minimum atomic E-state index is -0.0674. The van der Waals surface area contributed by atoms with E-state index in [1.54, 1.807) is 12.4 Å². The number of benzene rings is 1. The predicted octanol–water partition coefficient (Wildman–Crippen LogP) is 3.44. The summed E-state index contributed by atoms with van der Waals surface area (Å²) in [6.45, 7) is 2.05. The van der Waals surface area contributed by atoms with Gasteiger partial charge < -0.3 is 10.3 Å². The summed E-state index contributed by atoms with van der Waals surface area (Å²) in [7, 11) is 0. The average molecular weight is 279 g/mol. The zero-order valence-corrected chi connectivity index (χ0v) is 11.8. The minimum absolute atomic E-state index is 0.0226. The van der Waals surface area contributed by atoms with Crippen LogP contribution in [-0.4, -0.2) is 15.9 Å². The van der Waals surface area contributed by atoms with Gasteiger partial charge in [0.25, 0.3) is 5.91 Å². The molecule has 4 nitrogen and oxygen atoms in total. The maximum Gasteiger partial charge on any atom is 0.251 e. The molecule has 2 N–H and O–H groups in total. The first-order chi connectivity index (χ1) is 10.3. The topological polar surface area (TPSA) is 57.8 Å². The van der Waals surface area contributed by atoms with Crippen LogP contribution in [0.25, 0.3) is 10.9 Å². The molecule has 0 radical (unpaired) electrons. The molecule has 0 fully saturated rings. The van der Waals surface area contributed by atoms with Crippen LogP contribution in [0.5, 0.6) is 0 Å². The molecule has 0 aliphatic rings. The van der Waals surface area contributed by atoms with Gasteiger partial charge in [-0.05, 0) is 41.6 Å². The highest BCUT2D eigenvalue weighted by Gasteiger charge is 2.14. The summed E-state index contributed by atoms with van der Waals surface area (Å²) in [6.07, 6.45) is 6.22. The lowest BCUT2D eigenvalue weighted by Gasteiger charge is -2.17. The van der Waals surface area contributed by atoms with Crippen LogP contribution < -0.4 is 5.32 Å². The number of nitrogens with zero attached hydrogens (tertiary/aromatic N) is 1. The van der Waals surface area contributed by atoms with Crippen molar-refractivity contribution < 1.29 is 4.79 Å². The van der Waals surface area contributed by atoms with Gasteiger partial charge in [0.15, 0.2) is 0 Å². The number of aromatic amines is 1. The summed E-state index contributed by atoms with van der Waals surface area (Å²) in [6, 6.07) is 11.5. The summed E-state index contributed by atoms with van der Waals surface area (Å²) >= 11 is 0. The Bertz CT molecular complexity index is 749. The Kier molecular flexibility index (Phi) is 3.69. The van der Waals surface area contributed by atoms with E-state index >= 15 is 0 Å². The van der Waals surface area contributed by atoms with Crippen LogP contribution in [0.3, 0.4) is 0 Å². The summed E-state index contributed by atoms with van der Waals surface area (Å²) in [5.74, 6) is -0.0674. The van der Waals surface area contributed by atoms with Crippen LogP contribution in [0.4, 0.5) is 0 Å². The highest BCUT2D eigenvalue weighted by Crippen LogP contribution is 2.18. The number of H-pyrrole nitrogens is 1. The van der Waals surface area contributed by atoms with Crippen molar-refractivity contribution >= 4 is 16.8 Å². The van der Waals surface area contributed by atoms with Crippen LogP contribution >= 0.6 is 0 Å². The van der Waals surface area contributed by atoms with Gasteiger partial charge in [0.05, 0.1) is 6.04 Å². The van der Waals surface area contributed by atoms with E-state index in [-0.39, 0.29) is 11.9 Å². The van der Waals surface area contributed by atoms with Crippen LogP contribution in [0.1, 0.15) is 35.3 Å². The minimum Gasteiger partial charge on any atom is -0.361 e. The number of amides is 1. The molecule has 3 aromatic rings. The number of carbonyl (C=O) groups is 1. The Morgan fingerprint density at radius 2 is 2.24 bits per heavy atom. The third-order valence-corrected chi connectivity index (χ3v) is 3.62. The highest BCUT2D eigenvalue weighted by molar-refractivity contribution is 5.98. The number of hydrogen-bond donors (Lipinski definition) is 2. The number of aromatic nitrogens is 2. The van der Waals surface area contributed by atoms with Crippen molar-refractivity contribution in [2.45, 2.75) is 19.4 Å². The van der Waals surface area contributed by atoms with Crippen molar-refractivity contribution in [3.8, 4) is 0 Å². The fourth-order valence-corrected chi connectivity index (χ4v) is 2.43. The number of rotatable bonds is 4. The van der Waals surface area contributed by atoms with E-state index in [0.717, 1.165) is 22.9 Å². The van der Waals surface area contributed by atoms with Crippen LogP contribution in [-0.2, 0) is 0 Å². The maximum atomic E-state index is 12.4. The van der Waals surface area contributed by atoms with Gasteiger partial charge in [-0.3, -0.25) is 9.78 Å². The summed E-state index contributed by atoms with van der Waals surface area (Å²) < 4.78 is 0. The molecule has 3 rings (SSSR count). The monoisotopic (exact) mass is 279 g/mol. The lowest BCUT2D eigenvalue weighted by atomic mass is 10.1. The van der Waals surface area contributed by atoms with Crippen molar-refractivity contribution in [1.29, 1.82) is 0 Å². The smallest absolute Gasteiger partial charge is 0.251 e. The van der Waals surface area contributed by atoms with Gasteiger partial charge in [-0.15, -0.1) is 0 Å². The van der Waals surface area contributed by atoms with E-state index in [9.17, 15) is 4.79 Å². The molecule has 0 saturated carbocycles. The lowest BCUT2D eigenvalue weighted by Crippen LogP contribution is -2.28. The number of hydrogen-bond acceptors (Lipinski definition) is 2. The van der Waals surface area contributed by atoms with E-state index in [1.807, 2.05) is 49.5 Å². The van der Waals surface area contributed by atoms with Gasteiger partial charge in [0.2, 0.25) is 0 Å². The standard InChI is InChI=1S/C17H17N3O/c1-2-15(14-4-3-8-18-11-14)20-17(21)13-6-5-12-7-9-19-16(12)10-13/h3-11,15,19H,2H2,1H3,(H,20,21)/t15-/m1/s1. The molecule has 0 bridgehead atoms. The Morgan fingerprint density at radius 3 is 3.00 bits per heavy atom. The lowest BCUT2D eigenvalue weighted by molar-refractivity contribution is 0.0935. The van der Waals surface area contributed by atoms with Gasteiger partial charge in [-0.2, -0.15) is 0 Å². The van der Waals surface area contributed by atoms with Gasteiger partial charge in [0, 0.05) is 29.7 Å². The highest BCUT2D eigenvalue weighted by atomic mass is 16.1. The quantitative estimate of drug-likeness (QED) is 0.768. The fourth-order valence-electron chi connectivity index (χ4n) is 2.43. The number of pyridine rings is 1. The molecule has 0 aliphatic carbocycles. The van der Waals surface area contributed by atoms with Crippen LogP contribution in [0, 0.1) is 0 Å². The first-order valence-corrected chi connectivity index (χ1v) is 7.06. The molecule has 0 aliphatic heterocycles. The number of nitrogens with one attached hydrogen (secondary N) is 2. The predicted molar refractivity (Wildman–Crippen MR) is 83.0 cm³/mol. The second-order valence-electron chi connectivity index (χ2n) is 5.00. The van der Waals surface area contributed by atoms with E-state index in [2.05, 4.69) is 15.3 Å². The van der Waals surface area contributed by atoms with Crippen molar-refractivity contribution in [1.82, 2.24) is 15.3 Å². The van der Waals surface area contributed by atoms with Gasteiger partial charge in [-0.25, -0.2) is 0 Å². The van der Waals surface area contributed by atoms with Crippen molar-refractivity contribution in [3.63, 3.8) is 0 Å². The second kappa shape index (κ2) is 5.79. The van der Waals surface area contributed by atoms with Crippen molar-refractivity contribution in [2.24, 2.45) is 0 Å². The molecule has 21 heavy (non-hydrogen) atoms. The summed E-state index contributed by atoms with van der Waals surface area (Å²) in [4.78, 5) is 19.6. The van der Waals surface area contributed by atoms with Crippen molar-refractivity contribution in [3.05, 3.63) is 66.1 Å². The van der Waals surface area contributed by atoms with E-state index in [1.165, 1.54) is 0 Å². The molecule has 106 valence electrons. The Balaban J connectivity index is 1.81. The van der Waals surface area contributed by atoms with E-state index in [4.69, 9.17) is 0 Å². The zero-order valence-electron chi connectivity index (χ0n) is 11.8. The Hall–Kier alpha value is -2.62. The maximum absolute atomic E-state index is 12.4. The molecular formula is C17H17N3O. The number of fused-ring (bicyclic) bond motifs is 1. The summed E-state index contributed by atoms with van der Waals surface area (Å²) in [5.41, 5.74) is 2.65. The molecule has 1 aromatic carbocycles. The zero-order chi connectivity index (χ0) is 14.7. The second-order valence-corrected chi connectivity index (χ2v) is 5.00. The normalized spacial score (nSPS) is 12.2. The third kappa shape index (κ3) is 2.79. The Labute approximate surface area is 123 Å². The molecule has 2 heterocycles. The SMILES string of the molecule is CC[C@@H](NC(=O)c1ccc2cc[nH]c2c1)c1cccnc1. The van der Waals surface area contributed by atoms with E-state index < -0.39 is 0 Å². The molecule has 1 atom stereocenters. The average Bonchev–Trinajstić information content (AvgIpc) is 3.00. The molecule has 2 aromatic heterocycles. The molecule has 0 saturated heterocycles. The first-order valence-electron chi connectivity index (χ1n) is 7.06. The number of carbonyl (C=O) groups excluding carboxylic acids is 1. The fraction of sp³-hybridized carbons (Fsp3) is 0.176. The molecule has 4 heteroatoms. The first kappa shape index (κ1) is 13.4. The molecule has 0 spiro atoms. The van der Waals surface area contributed by atoms with Crippen LogP contribution in [0.2, 0.25) is 0 Å². The van der Waals surface area contributed by atoms with Gasteiger partial charge >= 0.3 is 0 Å². The summed E-state index contributed by atoms with van der Waals surface area (Å²) in [5, 5.41) is 4.17. The van der Waals surface area contributed by atoms with Gasteiger partial charge in [-0.1, -0.05) is 19.1 Å². The van der Waals surface area contributed by atoms with Crippen molar-refractivity contribution in [2.75, 3.05) is 0 Å². The molecule has 0 unspecified atom stereocenters. The van der Waals surface area contributed by atoms with Crippen LogP contribution in [0.15, 0.2) is 55.0 Å². The third-order valence-electron chi connectivity index (χ3n) is 3.62. The molecule has 1 amide bonds. The molecular weight excluding hydrogens is 262 g/mol. The van der Waals surface area contributed by atoms with E-state index in [0.29, 0.717) is 5.56 Å².